The summed E-state index contributed by atoms with van der Waals surface area (Å²) in [5, 5.41) is 9.62. The average molecular weight is 363 g/mol. The van der Waals surface area contributed by atoms with E-state index in [2.05, 4.69) is 20.7 Å². The lowest BCUT2D eigenvalue weighted by Crippen LogP contribution is -2.36. The molecule has 3 aromatic rings. The van der Waals surface area contributed by atoms with Crippen molar-refractivity contribution in [1.29, 1.82) is 0 Å². The summed E-state index contributed by atoms with van der Waals surface area (Å²) in [7, 11) is 0. The maximum absolute atomic E-state index is 12.7. The minimum Gasteiger partial charge on any atom is -0.457 e. The molecule has 0 fully saturated rings. The summed E-state index contributed by atoms with van der Waals surface area (Å²) >= 11 is 0. The van der Waals surface area contributed by atoms with Crippen LogP contribution in [0.2, 0.25) is 0 Å². The number of nitrogens with one attached hydrogen (secondary N) is 2. The second-order valence-corrected chi connectivity index (χ2v) is 6.12. The van der Waals surface area contributed by atoms with E-state index < -0.39 is 6.04 Å². The molecule has 2 aromatic carbocycles. The van der Waals surface area contributed by atoms with Gasteiger partial charge >= 0.3 is 0 Å². The molecule has 1 aromatic heterocycles. The number of amides is 2. The number of ether oxygens (including phenoxy) is 1. The first-order chi connectivity index (χ1) is 13.1. The minimum atomic E-state index is -0.741. The second-order valence-electron chi connectivity index (χ2n) is 6.12. The molecule has 0 aliphatic carbocycles. The minimum absolute atomic E-state index is 0.0107. The maximum Gasteiger partial charge on any atom is 0.249 e. The molecule has 136 valence electrons. The molecule has 1 aliphatic heterocycles. The average Bonchev–Trinajstić information content (AvgIpc) is 3.03. The number of hydrogen-bond donors (Lipinski definition) is 2. The van der Waals surface area contributed by atoms with E-state index >= 15 is 0 Å². The number of aryl methyl sites for hydroxylation is 1. The van der Waals surface area contributed by atoms with Gasteiger partial charge in [0.05, 0.1) is 6.42 Å². The van der Waals surface area contributed by atoms with Crippen LogP contribution in [0.3, 0.4) is 0 Å². The number of fused-ring (bicyclic) bond motifs is 1. The Kier molecular flexibility index (Phi) is 4.29. The molecule has 0 radical (unpaired) electrons. The summed E-state index contributed by atoms with van der Waals surface area (Å²) in [5.74, 6) is 1.58. The molecule has 8 heteroatoms. The molecule has 0 saturated heterocycles. The summed E-state index contributed by atoms with van der Waals surface area (Å²) in [6, 6.07) is 15.7. The monoisotopic (exact) mass is 363 g/mol. The highest BCUT2D eigenvalue weighted by molar-refractivity contribution is 6.00. The van der Waals surface area contributed by atoms with Crippen LogP contribution in [0, 0.1) is 6.92 Å². The van der Waals surface area contributed by atoms with Gasteiger partial charge in [0.15, 0.2) is 0 Å². The van der Waals surface area contributed by atoms with Crippen LogP contribution in [0.15, 0.2) is 54.6 Å². The number of hydrogen-bond acceptors (Lipinski definition) is 5. The fourth-order valence-corrected chi connectivity index (χ4v) is 2.83. The van der Waals surface area contributed by atoms with Gasteiger partial charge in [-0.25, -0.2) is 4.68 Å². The van der Waals surface area contributed by atoms with Gasteiger partial charge in [0.1, 0.15) is 23.4 Å². The number of benzene rings is 2. The van der Waals surface area contributed by atoms with Crippen LogP contribution < -0.4 is 15.4 Å². The van der Waals surface area contributed by atoms with Gasteiger partial charge in [0.2, 0.25) is 17.8 Å². The molecule has 1 atom stereocenters. The Balaban J connectivity index is 1.46. The first-order valence-corrected chi connectivity index (χ1v) is 8.45. The number of nitrogens with zero attached hydrogens (tertiary/aromatic N) is 3. The zero-order valence-corrected chi connectivity index (χ0v) is 14.5. The van der Waals surface area contributed by atoms with Crippen molar-refractivity contribution in [3.63, 3.8) is 0 Å². The summed E-state index contributed by atoms with van der Waals surface area (Å²) in [6.07, 6.45) is 0.0107. The van der Waals surface area contributed by atoms with E-state index in [1.807, 2.05) is 30.3 Å². The molecule has 0 spiro atoms. The molecule has 2 amide bonds. The van der Waals surface area contributed by atoms with Crippen LogP contribution in [0.4, 0.5) is 11.6 Å². The quantitative estimate of drug-likeness (QED) is 0.743. The first-order valence-electron chi connectivity index (χ1n) is 8.45. The van der Waals surface area contributed by atoms with E-state index in [-0.39, 0.29) is 24.2 Å². The predicted octanol–water partition coefficient (Wildman–Crippen LogP) is 2.90. The van der Waals surface area contributed by atoms with Crippen molar-refractivity contribution in [2.45, 2.75) is 19.4 Å². The van der Waals surface area contributed by atoms with Crippen molar-refractivity contribution in [2.75, 3.05) is 10.6 Å². The third kappa shape index (κ3) is 3.64. The van der Waals surface area contributed by atoms with Crippen molar-refractivity contribution in [1.82, 2.24) is 14.8 Å². The molecule has 1 unspecified atom stereocenters. The number of carbonyl (C=O) groups is 2. The summed E-state index contributed by atoms with van der Waals surface area (Å²) in [6.45, 7) is 1.71. The van der Waals surface area contributed by atoms with Gasteiger partial charge < -0.3 is 10.1 Å². The molecule has 4 rings (SSSR count). The number of aromatic nitrogens is 3. The highest BCUT2D eigenvalue weighted by atomic mass is 16.5. The smallest absolute Gasteiger partial charge is 0.249 e. The lowest BCUT2D eigenvalue weighted by molar-refractivity contribution is -0.125. The lowest BCUT2D eigenvalue weighted by atomic mass is 10.1. The summed E-state index contributed by atoms with van der Waals surface area (Å²) in [5.41, 5.74) is 0.602. The van der Waals surface area contributed by atoms with Crippen molar-refractivity contribution in [3.05, 3.63) is 60.4 Å². The molecule has 0 bridgehead atoms. The van der Waals surface area contributed by atoms with E-state index in [4.69, 9.17) is 4.74 Å². The van der Waals surface area contributed by atoms with Gasteiger partial charge in [-0.3, -0.25) is 14.9 Å². The van der Waals surface area contributed by atoms with Gasteiger partial charge in [-0.1, -0.05) is 18.2 Å². The van der Waals surface area contributed by atoms with Crippen LogP contribution >= 0.6 is 0 Å². The normalized spacial score (nSPS) is 15.6. The van der Waals surface area contributed by atoms with E-state index in [1.54, 1.807) is 31.2 Å². The van der Waals surface area contributed by atoms with Crippen LogP contribution in [0.25, 0.3) is 0 Å². The predicted molar refractivity (Wildman–Crippen MR) is 98.6 cm³/mol. The van der Waals surface area contributed by atoms with Crippen LogP contribution in [0.5, 0.6) is 11.5 Å². The maximum atomic E-state index is 12.7. The van der Waals surface area contributed by atoms with Crippen molar-refractivity contribution in [3.8, 4) is 11.5 Å². The van der Waals surface area contributed by atoms with Gasteiger partial charge in [0, 0.05) is 5.69 Å². The molecule has 8 nitrogen and oxygen atoms in total. The molecule has 1 aliphatic rings. The van der Waals surface area contributed by atoms with Crippen LogP contribution in [-0.4, -0.2) is 26.6 Å². The van der Waals surface area contributed by atoms with Gasteiger partial charge in [0.25, 0.3) is 0 Å². The van der Waals surface area contributed by atoms with Crippen molar-refractivity contribution >= 4 is 23.5 Å². The summed E-state index contributed by atoms with van der Waals surface area (Å²) in [4.78, 5) is 28.6. The van der Waals surface area contributed by atoms with E-state index in [0.29, 0.717) is 17.3 Å². The van der Waals surface area contributed by atoms with Crippen molar-refractivity contribution in [2.24, 2.45) is 0 Å². The molecule has 2 N–H and O–H groups in total. The third-order valence-electron chi connectivity index (χ3n) is 4.07. The second kappa shape index (κ2) is 6.91. The van der Waals surface area contributed by atoms with Gasteiger partial charge in [-0.05, 0) is 43.3 Å². The molecular weight excluding hydrogens is 346 g/mol. The molecule has 2 heterocycles. The number of rotatable bonds is 4. The lowest BCUT2D eigenvalue weighted by Gasteiger charge is -2.22. The Morgan fingerprint density at radius 2 is 1.85 bits per heavy atom. The first kappa shape index (κ1) is 16.8. The standard InChI is InChI=1S/C19H17N5O3/c1-12-20-19-22-17(25)11-16(24(19)23-12)18(26)21-13-7-9-15(10-8-13)27-14-5-3-2-4-6-14/h2-10,16H,11H2,1H3,(H,21,26)(H,20,22,23,25). The van der Waals surface area contributed by atoms with E-state index in [9.17, 15) is 9.59 Å². The number of carbonyl (C=O) groups excluding carboxylic acids is 2. The molecule has 27 heavy (non-hydrogen) atoms. The fourth-order valence-electron chi connectivity index (χ4n) is 2.83. The highest BCUT2D eigenvalue weighted by Crippen LogP contribution is 2.26. The Bertz CT molecular complexity index is 982. The zero-order valence-electron chi connectivity index (χ0n) is 14.5. The van der Waals surface area contributed by atoms with Crippen LogP contribution in [0.1, 0.15) is 18.3 Å². The third-order valence-corrected chi connectivity index (χ3v) is 4.07. The Morgan fingerprint density at radius 1 is 1.15 bits per heavy atom. The van der Waals surface area contributed by atoms with Crippen molar-refractivity contribution < 1.29 is 14.3 Å². The Morgan fingerprint density at radius 3 is 2.59 bits per heavy atom. The largest absolute Gasteiger partial charge is 0.457 e. The zero-order chi connectivity index (χ0) is 18.8. The van der Waals surface area contributed by atoms with E-state index in [0.717, 1.165) is 5.75 Å². The van der Waals surface area contributed by atoms with Crippen LogP contribution in [-0.2, 0) is 9.59 Å². The number of para-hydroxylation sites is 1. The van der Waals surface area contributed by atoms with Gasteiger partial charge in [-0.2, -0.15) is 10.1 Å². The molecular formula is C19H17N5O3. The van der Waals surface area contributed by atoms with Gasteiger partial charge in [-0.15, -0.1) is 0 Å². The SMILES string of the molecule is Cc1nc2n(n1)C(C(=O)Nc1ccc(Oc3ccccc3)cc1)CC(=O)N2. The highest BCUT2D eigenvalue weighted by Gasteiger charge is 2.32. The van der Waals surface area contributed by atoms with E-state index in [1.165, 1.54) is 4.68 Å². The number of anilines is 2. The molecule has 0 saturated carbocycles. The Labute approximate surface area is 155 Å². The topological polar surface area (TPSA) is 98.1 Å². The Hall–Kier alpha value is -3.68. The summed E-state index contributed by atoms with van der Waals surface area (Å²) < 4.78 is 7.17. The fraction of sp³-hybridized carbons (Fsp3) is 0.158.